The topological polar surface area (TPSA) is 81.4 Å². The molecule has 0 atom stereocenters. The van der Waals surface area contributed by atoms with Gasteiger partial charge in [0.05, 0.1) is 22.8 Å². The molecule has 0 aliphatic carbocycles. The monoisotopic (exact) mass is 280 g/mol. The molecule has 0 aliphatic rings. The van der Waals surface area contributed by atoms with Crippen LogP contribution in [-0.2, 0) is 0 Å². The molecule has 0 fully saturated rings. The van der Waals surface area contributed by atoms with Crippen molar-refractivity contribution in [3.63, 3.8) is 0 Å². The van der Waals surface area contributed by atoms with Crippen LogP contribution in [0, 0.1) is 11.3 Å². The maximum absolute atomic E-state index is 12.4. The van der Waals surface area contributed by atoms with Crippen molar-refractivity contribution in [3.05, 3.63) is 65.2 Å². The summed E-state index contributed by atoms with van der Waals surface area (Å²) in [6, 6.07) is 14.5. The van der Waals surface area contributed by atoms with E-state index in [2.05, 4.69) is 0 Å². The molecule has 104 valence electrons. The van der Waals surface area contributed by atoms with Gasteiger partial charge < -0.3 is 10.0 Å². The molecule has 0 bridgehead atoms. The molecule has 0 saturated carbocycles. The smallest absolute Gasteiger partial charge is 0.336 e. The van der Waals surface area contributed by atoms with Crippen LogP contribution in [-0.4, -0.2) is 24.0 Å². The minimum absolute atomic E-state index is 0.0389. The first-order valence-electron chi connectivity index (χ1n) is 6.15. The third-order valence-electron chi connectivity index (χ3n) is 3.08. The van der Waals surface area contributed by atoms with Gasteiger partial charge in [0.25, 0.3) is 5.91 Å². The molecule has 0 aliphatic heterocycles. The predicted octanol–water partition coefficient (Wildman–Crippen LogP) is 2.53. The first-order chi connectivity index (χ1) is 10.0. The molecule has 0 saturated heterocycles. The van der Waals surface area contributed by atoms with Crippen LogP contribution in [0.1, 0.15) is 26.3 Å². The molecule has 2 aromatic carbocycles. The van der Waals surface area contributed by atoms with Gasteiger partial charge in [-0.05, 0) is 36.4 Å². The normalized spacial score (nSPS) is 9.71. The number of carbonyl (C=O) groups is 2. The number of aromatic carboxylic acids is 1. The fourth-order valence-corrected chi connectivity index (χ4v) is 1.91. The Morgan fingerprint density at radius 3 is 2.14 bits per heavy atom. The van der Waals surface area contributed by atoms with Crippen molar-refractivity contribution in [1.29, 1.82) is 5.26 Å². The third-order valence-corrected chi connectivity index (χ3v) is 3.08. The molecule has 0 heterocycles. The van der Waals surface area contributed by atoms with Crippen molar-refractivity contribution in [3.8, 4) is 6.07 Å². The van der Waals surface area contributed by atoms with E-state index in [-0.39, 0.29) is 11.1 Å². The number of nitriles is 1. The van der Waals surface area contributed by atoms with E-state index in [4.69, 9.17) is 10.4 Å². The van der Waals surface area contributed by atoms with Crippen LogP contribution < -0.4 is 4.90 Å². The molecule has 0 unspecified atom stereocenters. The second kappa shape index (κ2) is 5.88. The second-order valence-corrected chi connectivity index (χ2v) is 4.37. The average Bonchev–Trinajstić information content (AvgIpc) is 2.53. The highest BCUT2D eigenvalue weighted by Crippen LogP contribution is 2.18. The molecule has 2 aromatic rings. The van der Waals surface area contributed by atoms with Gasteiger partial charge in [-0.15, -0.1) is 0 Å². The lowest BCUT2D eigenvalue weighted by Crippen LogP contribution is -2.27. The van der Waals surface area contributed by atoms with Crippen LogP contribution in [0.15, 0.2) is 48.5 Å². The highest BCUT2D eigenvalue weighted by Gasteiger charge is 2.19. The van der Waals surface area contributed by atoms with Crippen molar-refractivity contribution in [1.82, 2.24) is 0 Å². The van der Waals surface area contributed by atoms with E-state index in [0.717, 1.165) is 0 Å². The summed E-state index contributed by atoms with van der Waals surface area (Å²) in [5.41, 5.74) is 1.16. The summed E-state index contributed by atoms with van der Waals surface area (Å²) >= 11 is 0. The number of carboxylic acids is 1. The fourth-order valence-electron chi connectivity index (χ4n) is 1.91. The number of hydrogen-bond donors (Lipinski definition) is 1. The van der Waals surface area contributed by atoms with Gasteiger partial charge in [-0.25, -0.2) is 4.79 Å². The largest absolute Gasteiger partial charge is 0.478 e. The molecule has 1 amide bonds. The van der Waals surface area contributed by atoms with E-state index in [1.165, 1.54) is 17.0 Å². The van der Waals surface area contributed by atoms with Crippen molar-refractivity contribution in [2.45, 2.75) is 0 Å². The predicted molar refractivity (Wildman–Crippen MR) is 77.3 cm³/mol. The minimum Gasteiger partial charge on any atom is -0.478 e. The number of nitrogens with zero attached hydrogens (tertiary/aromatic N) is 2. The van der Waals surface area contributed by atoms with Crippen LogP contribution in [0.5, 0.6) is 0 Å². The maximum atomic E-state index is 12.4. The van der Waals surface area contributed by atoms with Crippen molar-refractivity contribution < 1.29 is 14.7 Å². The van der Waals surface area contributed by atoms with Crippen molar-refractivity contribution >= 4 is 17.6 Å². The number of carboxylic acid groups (broad SMARTS) is 1. The van der Waals surface area contributed by atoms with Crippen molar-refractivity contribution in [2.24, 2.45) is 0 Å². The molecular weight excluding hydrogens is 268 g/mol. The molecular formula is C16H12N2O3. The average molecular weight is 280 g/mol. The van der Waals surface area contributed by atoms with Crippen LogP contribution in [0.3, 0.4) is 0 Å². The van der Waals surface area contributed by atoms with E-state index < -0.39 is 11.9 Å². The number of hydrogen-bond acceptors (Lipinski definition) is 3. The lowest BCUT2D eigenvalue weighted by atomic mass is 10.1. The summed E-state index contributed by atoms with van der Waals surface area (Å²) < 4.78 is 0. The van der Waals surface area contributed by atoms with Gasteiger partial charge in [0.15, 0.2) is 0 Å². The van der Waals surface area contributed by atoms with Crippen LogP contribution >= 0.6 is 0 Å². The zero-order chi connectivity index (χ0) is 15.4. The second-order valence-electron chi connectivity index (χ2n) is 4.37. The summed E-state index contributed by atoms with van der Waals surface area (Å²) in [5.74, 6) is -1.56. The number of amides is 1. The standard InChI is InChI=1S/C16H12N2O3/c1-18(12-8-6-11(10-17)7-9-12)15(19)13-4-2-3-5-14(13)16(20)21/h2-9H,1H3,(H,20,21). The van der Waals surface area contributed by atoms with Crippen LogP contribution in [0.25, 0.3) is 0 Å². The Morgan fingerprint density at radius 1 is 1.05 bits per heavy atom. The molecule has 0 aromatic heterocycles. The van der Waals surface area contributed by atoms with Gasteiger partial charge in [0.1, 0.15) is 0 Å². The molecule has 1 N–H and O–H groups in total. The van der Waals surface area contributed by atoms with Gasteiger partial charge >= 0.3 is 5.97 Å². The van der Waals surface area contributed by atoms with Gasteiger partial charge in [0, 0.05) is 12.7 Å². The summed E-state index contributed by atoms with van der Waals surface area (Å²) in [7, 11) is 1.56. The summed E-state index contributed by atoms with van der Waals surface area (Å²) in [6.45, 7) is 0. The lowest BCUT2D eigenvalue weighted by molar-refractivity contribution is 0.0692. The maximum Gasteiger partial charge on any atom is 0.336 e. The molecule has 5 nitrogen and oxygen atoms in total. The zero-order valence-corrected chi connectivity index (χ0v) is 11.3. The van der Waals surface area contributed by atoms with Gasteiger partial charge in [-0.1, -0.05) is 12.1 Å². The van der Waals surface area contributed by atoms with Crippen LogP contribution in [0.2, 0.25) is 0 Å². The Bertz CT molecular complexity index is 730. The Balaban J connectivity index is 2.35. The van der Waals surface area contributed by atoms with Crippen LogP contribution in [0.4, 0.5) is 5.69 Å². The first kappa shape index (κ1) is 14.3. The number of carbonyl (C=O) groups excluding carboxylic acids is 1. The van der Waals surface area contributed by atoms with E-state index in [1.54, 1.807) is 43.4 Å². The Morgan fingerprint density at radius 2 is 1.62 bits per heavy atom. The number of benzene rings is 2. The molecule has 21 heavy (non-hydrogen) atoms. The third kappa shape index (κ3) is 2.90. The highest BCUT2D eigenvalue weighted by atomic mass is 16.4. The van der Waals surface area contributed by atoms with Gasteiger partial charge in [-0.3, -0.25) is 4.79 Å². The van der Waals surface area contributed by atoms with Gasteiger partial charge in [-0.2, -0.15) is 5.26 Å². The summed E-state index contributed by atoms with van der Waals surface area (Å²) in [5, 5.41) is 17.9. The lowest BCUT2D eigenvalue weighted by Gasteiger charge is -2.18. The first-order valence-corrected chi connectivity index (χ1v) is 6.15. The Labute approximate surface area is 121 Å². The molecule has 5 heteroatoms. The highest BCUT2D eigenvalue weighted by molar-refractivity contribution is 6.11. The Hall–Kier alpha value is -3.13. The van der Waals surface area contributed by atoms with Crippen molar-refractivity contribution in [2.75, 3.05) is 11.9 Å². The molecule has 0 radical (unpaired) electrons. The number of anilines is 1. The molecule has 2 rings (SSSR count). The quantitative estimate of drug-likeness (QED) is 0.936. The summed E-state index contributed by atoms with van der Waals surface area (Å²) in [6.07, 6.45) is 0. The van der Waals surface area contributed by atoms with E-state index >= 15 is 0 Å². The SMILES string of the molecule is CN(C(=O)c1ccccc1C(=O)O)c1ccc(C#N)cc1. The minimum atomic E-state index is -1.15. The van der Waals surface area contributed by atoms with E-state index in [9.17, 15) is 9.59 Å². The fraction of sp³-hybridized carbons (Fsp3) is 0.0625. The van der Waals surface area contributed by atoms with E-state index in [1.807, 2.05) is 6.07 Å². The van der Waals surface area contributed by atoms with E-state index in [0.29, 0.717) is 11.3 Å². The Kier molecular flexibility index (Phi) is 4.00. The zero-order valence-electron chi connectivity index (χ0n) is 11.3. The number of rotatable bonds is 3. The summed E-state index contributed by atoms with van der Waals surface area (Å²) in [4.78, 5) is 24.9. The molecule has 0 spiro atoms. The van der Waals surface area contributed by atoms with Gasteiger partial charge in [0.2, 0.25) is 0 Å².